The summed E-state index contributed by atoms with van der Waals surface area (Å²) in [6, 6.07) is 11.4. The highest BCUT2D eigenvalue weighted by Crippen LogP contribution is 2.30. The fourth-order valence-corrected chi connectivity index (χ4v) is 3.25. The van der Waals surface area contributed by atoms with Gasteiger partial charge in [0.05, 0.1) is 5.56 Å². The van der Waals surface area contributed by atoms with Gasteiger partial charge in [0, 0.05) is 23.9 Å². The van der Waals surface area contributed by atoms with Crippen molar-refractivity contribution in [2.75, 3.05) is 0 Å². The second kappa shape index (κ2) is 8.49. The van der Waals surface area contributed by atoms with Crippen molar-refractivity contribution in [1.82, 2.24) is 24.5 Å². The molecule has 0 aliphatic rings. The topological polar surface area (TPSA) is 81.3 Å². The predicted octanol–water partition coefficient (Wildman–Crippen LogP) is 3.34. The summed E-state index contributed by atoms with van der Waals surface area (Å²) < 4.78 is 53.7. The van der Waals surface area contributed by atoms with Gasteiger partial charge in [0.1, 0.15) is 18.2 Å². The molecule has 0 spiro atoms. The number of aromatic nitrogens is 4. The summed E-state index contributed by atoms with van der Waals surface area (Å²) in [6.07, 6.45) is -4.49. The molecule has 0 aliphatic carbocycles. The summed E-state index contributed by atoms with van der Waals surface area (Å²) in [7, 11) is 0. The van der Waals surface area contributed by atoms with E-state index in [-0.39, 0.29) is 24.6 Å². The number of carbonyl (C=O) groups excluding carboxylic acids is 1. The second-order valence-corrected chi connectivity index (χ2v) is 7.33. The minimum atomic E-state index is -4.49. The van der Waals surface area contributed by atoms with E-state index in [1.807, 2.05) is 0 Å². The summed E-state index contributed by atoms with van der Waals surface area (Å²) in [5, 5.41) is 6.78. The van der Waals surface area contributed by atoms with E-state index in [2.05, 4.69) is 15.4 Å². The van der Waals surface area contributed by atoms with E-state index in [9.17, 15) is 27.2 Å². The molecule has 1 amide bonds. The zero-order chi connectivity index (χ0) is 23.8. The Balaban J connectivity index is 1.61. The Morgan fingerprint density at radius 2 is 1.73 bits per heavy atom. The number of nitrogens with zero attached hydrogens (tertiary/aromatic N) is 4. The van der Waals surface area contributed by atoms with E-state index in [4.69, 9.17) is 0 Å². The molecule has 0 bridgehead atoms. The van der Waals surface area contributed by atoms with Gasteiger partial charge >= 0.3 is 11.9 Å². The van der Waals surface area contributed by atoms with Gasteiger partial charge < -0.3 is 5.32 Å². The highest BCUT2D eigenvalue weighted by Gasteiger charge is 2.30. The maximum Gasteiger partial charge on any atom is 0.416 e. The Kier molecular flexibility index (Phi) is 5.71. The Morgan fingerprint density at radius 3 is 2.36 bits per heavy atom. The van der Waals surface area contributed by atoms with E-state index in [1.165, 1.54) is 42.5 Å². The number of hydrogen-bond donors (Lipinski definition) is 1. The lowest BCUT2D eigenvalue weighted by Gasteiger charge is -2.08. The van der Waals surface area contributed by atoms with Crippen molar-refractivity contribution in [3.05, 3.63) is 87.7 Å². The average Bonchev–Trinajstić information content (AvgIpc) is 3.07. The van der Waals surface area contributed by atoms with E-state index in [0.29, 0.717) is 16.8 Å². The Bertz CT molecular complexity index is 1370. The molecule has 4 aromatic rings. The van der Waals surface area contributed by atoms with Crippen LogP contribution < -0.4 is 11.0 Å². The summed E-state index contributed by atoms with van der Waals surface area (Å²) in [6.45, 7) is 1.42. The van der Waals surface area contributed by atoms with Gasteiger partial charge in [-0.25, -0.2) is 23.3 Å². The molecule has 170 valence electrons. The molecule has 33 heavy (non-hydrogen) atoms. The van der Waals surface area contributed by atoms with Crippen LogP contribution in [0.4, 0.5) is 17.6 Å². The van der Waals surface area contributed by atoms with Crippen LogP contribution in [0.1, 0.15) is 16.8 Å². The number of fused-ring (bicyclic) bond motifs is 1. The molecule has 2 heterocycles. The molecular weight excluding hydrogens is 442 g/mol. The SMILES string of the molecule is Cc1cc2nn(CC(=O)NCc3ccc(F)cc3)c(=O)n2c(-c2ccc(C(F)(F)F)cc2)n1. The van der Waals surface area contributed by atoms with Gasteiger partial charge in [0.2, 0.25) is 5.91 Å². The average molecular weight is 459 g/mol. The van der Waals surface area contributed by atoms with Crippen molar-refractivity contribution in [1.29, 1.82) is 0 Å². The summed E-state index contributed by atoms with van der Waals surface area (Å²) >= 11 is 0. The first kappa shape index (κ1) is 22.2. The predicted molar refractivity (Wildman–Crippen MR) is 111 cm³/mol. The maximum atomic E-state index is 13.0. The minimum Gasteiger partial charge on any atom is -0.350 e. The van der Waals surface area contributed by atoms with Gasteiger partial charge in [-0.05, 0) is 36.8 Å². The highest BCUT2D eigenvalue weighted by atomic mass is 19.4. The molecule has 2 aromatic carbocycles. The first-order valence-corrected chi connectivity index (χ1v) is 9.78. The van der Waals surface area contributed by atoms with Gasteiger partial charge in [-0.15, -0.1) is 5.10 Å². The van der Waals surface area contributed by atoms with Gasteiger partial charge in [0.15, 0.2) is 5.65 Å². The molecule has 7 nitrogen and oxygen atoms in total. The molecule has 0 aliphatic heterocycles. The number of amides is 1. The van der Waals surface area contributed by atoms with Crippen LogP contribution in [0, 0.1) is 12.7 Å². The molecule has 0 radical (unpaired) electrons. The summed E-state index contributed by atoms with van der Waals surface area (Å²) in [5.41, 5.74) is 0.181. The van der Waals surface area contributed by atoms with E-state index in [0.717, 1.165) is 21.2 Å². The van der Waals surface area contributed by atoms with Crippen LogP contribution >= 0.6 is 0 Å². The van der Waals surface area contributed by atoms with Crippen molar-refractivity contribution < 1.29 is 22.4 Å². The van der Waals surface area contributed by atoms with Gasteiger partial charge in [0.25, 0.3) is 0 Å². The fraction of sp³-hybridized carbons (Fsp3) is 0.182. The van der Waals surface area contributed by atoms with Gasteiger partial charge in [-0.3, -0.25) is 4.79 Å². The first-order chi connectivity index (χ1) is 15.6. The molecule has 0 saturated heterocycles. The maximum absolute atomic E-state index is 13.0. The zero-order valence-corrected chi connectivity index (χ0v) is 17.2. The standard InChI is InChI=1S/C22H17F4N5O2/c1-13-10-18-29-30(12-19(32)27-11-14-2-8-17(23)9-3-14)21(33)31(18)20(28-13)15-4-6-16(7-5-15)22(24,25)26/h2-10H,11-12H2,1H3,(H,27,32). The molecule has 0 unspecified atom stereocenters. The normalized spacial score (nSPS) is 11.7. The van der Waals surface area contributed by atoms with E-state index < -0.39 is 29.2 Å². The zero-order valence-electron chi connectivity index (χ0n) is 17.2. The van der Waals surface area contributed by atoms with Crippen LogP contribution in [-0.2, 0) is 24.1 Å². The Hall–Kier alpha value is -4.02. The first-order valence-electron chi connectivity index (χ1n) is 9.78. The largest absolute Gasteiger partial charge is 0.416 e. The molecule has 0 fully saturated rings. The minimum absolute atomic E-state index is 0.113. The van der Waals surface area contributed by atoms with Crippen molar-refractivity contribution in [2.24, 2.45) is 0 Å². The fourth-order valence-electron chi connectivity index (χ4n) is 3.25. The monoisotopic (exact) mass is 459 g/mol. The molecule has 0 atom stereocenters. The molecule has 1 N–H and O–H groups in total. The number of aryl methyl sites for hydroxylation is 1. The third kappa shape index (κ3) is 4.76. The molecular formula is C22H17F4N5O2. The Labute approximate surface area is 184 Å². The van der Waals surface area contributed by atoms with Crippen molar-refractivity contribution in [2.45, 2.75) is 26.2 Å². The van der Waals surface area contributed by atoms with E-state index in [1.54, 1.807) is 6.92 Å². The van der Waals surface area contributed by atoms with Crippen LogP contribution in [-0.4, -0.2) is 25.1 Å². The van der Waals surface area contributed by atoms with Crippen LogP contribution in [0.3, 0.4) is 0 Å². The molecule has 11 heteroatoms. The van der Waals surface area contributed by atoms with E-state index >= 15 is 0 Å². The molecule has 2 aromatic heterocycles. The number of benzene rings is 2. The van der Waals surface area contributed by atoms with Crippen molar-refractivity contribution >= 4 is 11.6 Å². The van der Waals surface area contributed by atoms with Gasteiger partial charge in [-0.1, -0.05) is 24.3 Å². The number of carbonyl (C=O) groups is 1. The quantitative estimate of drug-likeness (QED) is 0.465. The lowest BCUT2D eigenvalue weighted by atomic mass is 10.1. The third-order valence-corrected chi connectivity index (χ3v) is 4.86. The smallest absolute Gasteiger partial charge is 0.350 e. The number of rotatable bonds is 5. The third-order valence-electron chi connectivity index (χ3n) is 4.86. The summed E-state index contributed by atoms with van der Waals surface area (Å²) in [5.74, 6) is -0.777. The number of nitrogens with one attached hydrogen (secondary N) is 1. The van der Waals surface area contributed by atoms with Crippen molar-refractivity contribution in [3.63, 3.8) is 0 Å². The number of halogens is 4. The summed E-state index contributed by atoms with van der Waals surface area (Å²) in [4.78, 5) is 29.5. The van der Waals surface area contributed by atoms with Crippen molar-refractivity contribution in [3.8, 4) is 11.4 Å². The lowest BCUT2D eigenvalue weighted by molar-refractivity contribution is -0.137. The highest BCUT2D eigenvalue weighted by molar-refractivity contribution is 5.75. The van der Waals surface area contributed by atoms with Crippen LogP contribution in [0.25, 0.3) is 17.0 Å². The molecule has 0 saturated carbocycles. The number of alkyl halides is 3. The van der Waals surface area contributed by atoms with Crippen LogP contribution in [0.15, 0.2) is 59.4 Å². The number of hydrogen-bond acceptors (Lipinski definition) is 4. The van der Waals surface area contributed by atoms with Gasteiger partial charge in [-0.2, -0.15) is 13.2 Å². The Morgan fingerprint density at radius 1 is 1.06 bits per heavy atom. The molecule has 4 rings (SSSR count). The lowest BCUT2D eigenvalue weighted by Crippen LogP contribution is -2.32. The van der Waals surface area contributed by atoms with Crippen LogP contribution in [0.2, 0.25) is 0 Å². The second-order valence-electron chi connectivity index (χ2n) is 7.33. The van der Waals surface area contributed by atoms with Crippen LogP contribution in [0.5, 0.6) is 0 Å².